The van der Waals surface area contributed by atoms with Crippen molar-refractivity contribution in [2.24, 2.45) is 5.92 Å². The molecule has 4 nitrogen and oxygen atoms in total. The van der Waals surface area contributed by atoms with Crippen LogP contribution in [0.3, 0.4) is 0 Å². The number of aliphatic hydroxyl groups excluding tert-OH is 1. The molecule has 0 aliphatic carbocycles. The molecule has 0 fully saturated rings. The van der Waals surface area contributed by atoms with Crippen LogP contribution >= 0.6 is 0 Å². The molecule has 0 aromatic carbocycles. The molecule has 13 heavy (non-hydrogen) atoms. The third kappa shape index (κ3) is 1.36. The van der Waals surface area contributed by atoms with E-state index in [0.717, 1.165) is 12.0 Å². The van der Waals surface area contributed by atoms with Crippen LogP contribution in [0.2, 0.25) is 0 Å². The van der Waals surface area contributed by atoms with Crippen molar-refractivity contribution in [1.29, 1.82) is 0 Å². The van der Waals surface area contributed by atoms with E-state index >= 15 is 0 Å². The monoisotopic (exact) mass is 184 g/mol. The number of cyclic esters (lactones) is 1. The number of hydrogen-bond donors (Lipinski definition) is 1. The van der Waals surface area contributed by atoms with E-state index in [-0.39, 0.29) is 5.92 Å². The predicted octanol–water partition coefficient (Wildman–Crippen LogP) is 0.215. The van der Waals surface area contributed by atoms with Crippen LogP contribution in [0.4, 0.5) is 0 Å². The van der Waals surface area contributed by atoms with Crippen LogP contribution in [0.5, 0.6) is 0 Å². The van der Waals surface area contributed by atoms with Gasteiger partial charge in [0.2, 0.25) is 0 Å². The molecule has 2 atom stereocenters. The number of hydrogen-bond acceptors (Lipinski definition) is 4. The highest BCUT2D eigenvalue weighted by Crippen LogP contribution is 2.31. The van der Waals surface area contributed by atoms with Crippen molar-refractivity contribution in [2.75, 3.05) is 13.2 Å². The van der Waals surface area contributed by atoms with E-state index in [1.54, 1.807) is 0 Å². The molecule has 1 N–H and O–H groups in total. The Bertz CT molecular complexity index is 269. The highest BCUT2D eigenvalue weighted by Gasteiger charge is 2.34. The van der Waals surface area contributed by atoms with E-state index in [2.05, 4.69) is 0 Å². The summed E-state index contributed by atoms with van der Waals surface area (Å²) in [5.41, 5.74) is 1.32. The number of aliphatic hydroxyl groups is 1. The molecule has 0 aromatic heterocycles. The first-order valence-electron chi connectivity index (χ1n) is 4.40. The number of carbonyl (C=O) groups is 1. The minimum absolute atomic E-state index is 0.214. The zero-order chi connectivity index (χ0) is 9.42. The van der Waals surface area contributed by atoms with Crippen molar-refractivity contribution in [3.8, 4) is 0 Å². The maximum absolute atomic E-state index is 11.3. The van der Waals surface area contributed by atoms with Crippen molar-refractivity contribution in [3.63, 3.8) is 0 Å². The fourth-order valence-electron chi connectivity index (χ4n) is 1.79. The fraction of sp³-hybridized carbons (Fsp3) is 0.667. The zero-order valence-corrected chi connectivity index (χ0v) is 7.45. The molecular weight excluding hydrogens is 172 g/mol. The molecule has 2 aliphatic rings. The van der Waals surface area contributed by atoms with Gasteiger partial charge < -0.3 is 14.6 Å². The fourth-order valence-corrected chi connectivity index (χ4v) is 1.79. The number of esters is 1. The molecule has 0 spiro atoms. The van der Waals surface area contributed by atoms with Crippen LogP contribution in [0, 0.1) is 5.92 Å². The van der Waals surface area contributed by atoms with Crippen LogP contribution in [-0.4, -0.2) is 30.6 Å². The number of ether oxygens (including phenoxy) is 2. The van der Waals surface area contributed by atoms with Gasteiger partial charge in [0.05, 0.1) is 18.8 Å². The van der Waals surface area contributed by atoms with E-state index in [1.165, 1.54) is 0 Å². The van der Waals surface area contributed by atoms with E-state index in [0.29, 0.717) is 18.8 Å². The topological polar surface area (TPSA) is 55.8 Å². The van der Waals surface area contributed by atoms with Crippen LogP contribution < -0.4 is 0 Å². The van der Waals surface area contributed by atoms with E-state index in [9.17, 15) is 9.90 Å². The molecule has 72 valence electrons. The molecule has 0 radical (unpaired) electrons. The molecule has 0 saturated heterocycles. The molecule has 2 aliphatic heterocycles. The molecule has 0 aromatic rings. The molecule has 2 rings (SSSR count). The first kappa shape index (κ1) is 8.72. The van der Waals surface area contributed by atoms with Crippen molar-refractivity contribution in [3.05, 3.63) is 11.1 Å². The Morgan fingerprint density at radius 2 is 2.31 bits per heavy atom. The van der Waals surface area contributed by atoms with Crippen LogP contribution in [0.25, 0.3) is 0 Å². The lowest BCUT2D eigenvalue weighted by Gasteiger charge is -2.31. The van der Waals surface area contributed by atoms with Gasteiger partial charge in [-0.05, 0) is 5.57 Å². The highest BCUT2D eigenvalue weighted by atomic mass is 16.6. The zero-order valence-electron chi connectivity index (χ0n) is 7.45. The molecule has 2 unspecified atom stereocenters. The van der Waals surface area contributed by atoms with Gasteiger partial charge in [0.1, 0.15) is 0 Å². The Morgan fingerprint density at radius 3 is 3.00 bits per heavy atom. The largest absolute Gasteiger partial charge is 0.462 e. The molecule has 4 heteroatoms. The molecule has 0 saturated carbocycles. The summed E-state index contributed by atoms with van der Waals surface area (Å²) >= 11 is 0. The maximum atomic E-state index is 11.3. The van der Waals surface area contributed by atoms with Gasteiger partial charge in [-0.2, -0.15) is 0 Å². The Hall–Kier alpha value is -0.870. The van der Waals surface area contributed by atoms with Crippen molar-refractivity contribution in [2.45, 2.75) is 19.6 Å². The van der Waals surface area contributed by atoms with Gasteiger partial charge in [-0.3, -0.25) is 0 Å². The van der Waals surface area contributed by atoms with E-state index in [1.807, 2.05) is 6.92 Å². The van der Waals surface area contributed by atoms with Gasteiger partial charge in [0.15, 0.2) is 6.29 Å². The van der Waals surface area contributed by atoms with Gasteiger partial charge in [-0.15, -0.1) is 0 Å². The third-order valence-corrected chi connectivity index (χ3v) is 2.52. The van der Waals surface area contributed by atoms with Gasteiger partial charge >= 0.3 is 5.97 Å². The van der Waals surface area contributed by atoms with Crippen LogP contribution in [0.15, 0.2) is 11.1 Å². The van der Waals surface area contributed by atoms with Gasteiger partial charge in [-0.25, -0.2) is 4.79 Å². The lowest BCUT2D eigenvalue weighted by atomic mass is 9.90. The molecule has 0 amide bonds. The number of rotatable bonds is 0. The summed E-state index contributed by atoms with van der Waals surface area (Å²) in [6, 6.07) is 0. The standard InChI is InChI=1S/C9H12O4/c1-5-4-13-9(11)7-6(5)2-3-12-8(7)10/h5,9,11H,2-4H2,1H3. The molecular formula is C9H12O4. The molecule has 0 bridgehead atoms. The van der Waals surface area contributed by atoms with Crippen molar-refractivity contribution in [1.82, 2.24) is 0 Å². The quantitative estimate of drug-likeness (QED) is 0.547. The van der Waals surface area contributed by atoms with Crippen LogP contribution in [0.1, 0.15) is 13.3 Å². The SMILES string of the molecule is CC1COC(O)C2=C1CCOC2=O. The highest BCUT2D eigenvalue weighted by molar-refractivity contribution is 5.91. The average molecular weight is 184 g/mol. The summed E-state index contributed by atoms with van der Waals surface area (Å²) in [5, 5.41) is 9.41. The minimum Gasteiger partial charge on any atom is -0.462 e. The van der Waals surface area contributed by atoms with Crippen LogP contribution in [-0.2, 0) is 14.3 Å². The summed E-state index contributed by atoms with van der Waals surface area (Å²) in [4.78, 5) is 11.3. The molecule has 2 heterocycles. The van der Waals surface area contributed by atoms with Gasteiger partial charge in [-0.1, -0.05) is 6.92 Å². The lowest BCUT2D eigenvalue weighted by molar-refractivity contribution is -0.151. The third-order valence-electron chi connectivity index (χ3n) is 2.52. The predicted molar refractivity (Wildman–Crippen MR) is 43.7 cm³/mol. The second kappa shape index (κ2) is 3.12. The van der Waals surface area contributed by atoms with Crippen molar-refractivity contribution < 1.29 is 19.4 Å². The van der Waals surface area contributed by atoms with Gasteiger partial charge in [0, 0.05) is 12.3 Å². The Morgan fingerprint density at radius 1 is 1.54 bits per heavy atom. The second-order valence-electron chi connectivity index (χ2n) is 3.41. The summed E-state index contributed by atoms with van der Waals surface area (Å²) in [5.74, 6) is -0.216. The average Bonchev–Trinajstić information content (AvgIpc) is 2.12. The Labute approximate surface area is 76.1 Å². The summed E-state index contributed by atoms with van der Waals surface area (Å²) < 4.78 is 9.86. The smallest absolute Gasteiger partial charge is 0.339 e. The summed E-state index contributed by atoms with van der Waals surface area (Å²) in [6.07, 6.45) is -0.359. The summed E-state index contributed by atoms with van der Waals surface area (Å²) in [6.45, 7) is 2.89. The van der Waals surface area contributed by atoms with E-state index < -0.39 is 12.3 Å². The maximum Gasteiger partial charge on any atom is 0.339 e. The Kier molecular flexibility index (Phi) is 2.09. The Balaban J connectivity index is 2.39. The van der Waals surface area contributed by atoms with E-state index in [4.69, 9.17) is 9.47 Å². The summed E-state index contributed by atoms with van der Waals surface area (Å²) in [7, 11) is 0. The lowest BCUT2D eigenvalue weighted by Crippen LogP contribution is -2.36. The number of carbonyl (C=O) groups excluding carboxylic acids is 1. The second-order valence-corrected chi connectivity index (χ2v) is 3.41. The van der Waals surface area contributed by atoms with Crippen molar-refractivity contribution >= 4 is 5.97 Å². The first-order valence-corrected chi connectivity index (χ1v) is 4.40. The van der Waals surface area contributed by atoms with Gasteiger partial charge in [0.25, 0.3) is 0 Å². The minimum atomic E-state index is -1.08. The normalized spacial score (nSPS) is 34.2. The first-order chi connectivity index (χ1) is 6.20.